The first-order chi connectivity index (χ1) is 16.2. The van der Waals surface area contributed by atoms with Crippen LogP contribution in [0.5, 0.6) is 5.88 Å². The number of nitrogens with one attached hydrogen (secondary N) is 2. The molecule has 0 spiro atoms. The molecule has 2 N–H and O–H groups in total. The number of fused-ring (bicyclic) bond motifs is 1. The molecule has 0 bridgehead atoms. The molecule has 1 aromatic carbocycles. The zero-order chi connectivity index (χ0) is 22.9. The molecule has 1 aliphatic rings. The fourth-order valence-corrected chi connectivity index (χ4v) is 3.61. The topological polar surface area (TPSA) is 76.9 Å². The molecule has 5 rings (SSSR count). The third-order valence-electron chi connectivity index (χ3n) is 5.11. The minimum Gasteiger partial charge on any atom is -0.470 e. The second kappa shape index (κ2) is 11.6. The first-order valence-electron chi connectivity index (χ1n) is 10.9. The number of aromatic nitrogens is 4. The number of pyridine rings is 2. The van der Waals surface area contributed by atoms with E-state index < -0.39 is 0 Å². The first-order valence-corrected chi connectivity index (χ1v) is 11.7. The second-order valence-corrected chi connectivity index (χ2v) is 8.51. The van der Waals surface area contributed by atoms with Gasteiger partial charge >= 0.3 is 0 Å². The zero-order valence-electron chi connectivity index (χ0n) is 18.5. The van der Waals surface area contributed by atoms with Crippen molar-refractivity contribution >= 4 is 21.6 Å². The van der Waals surface area contributed by atoms with Crippen molar-refractivity contribution in [1.29, 1.82) is 0 Å². The molecule has 4 aromatic rings. The Morgan fingerprint density at radius 2 is 1.85 bits per heavy atom. The van der Waals surface area contributed by atoms with Gasteiger partial charge in [0.15, 0.2) is 0 Å². The molecule has 0 amide bonds. The summed E-state index contributed by atoms with van der Waals surface area (Å²) in [6.45, 7) is 2.39. The van der Waals surface area contributed by atoms with Crippen molar-refractivity contribution in [3.05, 3.63) is 89.6 Å². The van der Waals surface area contributed by atoms with Gasteiger partial charge in [-0.15, -0.1) is 0 Å². The number of aryl methyl sites for hydroxylation is 1. The minimum atomic E-state index is 0.0530. The maximum absolute atomic E-state index is 6.02. The van der Waals surface area contributed by atoms with Gasteiger partial charge in [-0.05, 0) is 46.6 Å². The lowest BCUT2D eigenvalue weighted by atomic mass is 10.1. The summed E-state index contributed by atoms with van der Waals surface area (Å²) < 4.78 is 8.66. The number of halogens is 1. The highest BCUT2D eigenvalue weighted by molar-refractivity contribution is 9.10. The van der Waals surface area contributed by atoms with Crippen molar-refractivity contribution in [3.63, 3.8) is 0 Å². The Kier molecular flexibility index (Phi) is 8.05. The van der Waals surface area contributed by atoms with E-state index in [4.69, 9.17) is 4.74 Å². The molecule has 7 nitrogen and oxygen atoms in total. The van der Waals surface area contributed by atoms with Gasteiger partial charge < -0.3 is 15.4 Å². The van der Waals surface area contributed by atoms with E-state index in [1.807, 2.05) is 74.3 Å². The van der Waals surface area contributed by atoms with Crippen LogP contribution in [-0.4, -0.2) is 45.5 Å². The third-order valence-corrected chi connectivity index (χ3v) is 5.57. The van der Waals surface area contributed by atoms with Gasteiger partial charge in [-0.25, -0.2) is 9.97 Å². The molecule has 33 heavy (non-hydrogen) atoms. The number of ether oxygens (including phenoxy) is 1. The molecule has 1 aliphatic heterocycles. The van der Waals surface area contributed by atoms with Crippen molar-refractivity contribution in [3.8, 4) is 17.0 Å². The fourth-order valence-electron chi connectivity index (χ4n) is 3.37. The number of hydrogen-bond acceptors (Lipinski definition) is 6. The second-order valence-electron chi connectivity index (χ2n) is 7.70. The smallest absolute Gasteiger partial charge is 0.237 e. The lowest BCUT2D eigenvalue weighted by molar-refractivity contribution is 0.194. The van der Waals surface area contributed by atoms with Crippen LogP contribution in [0.25, 0.3) is 11.1 Å². The van der Waals surface area contributed by atoms with Crippen LogP contribution in [0.2, 0.25) is 0 Å². The molecule has 4 heterocycles. The summed E-state index contributed by atoms with van der Waals surface area (Å²) in [5, 5.41) is 11.1. The van der Waals surface area contributed by atoms with Crippen LogP contribution >= 0.6 is 15.9 Å². The molecule has 0 aliphatic carbocycles. The predicted molar refractivity (Wildman–Crippen MR) is 134 cm³/mol. The maximum Gasteiger partial charge on any atom is 0.237 e. The van der Waals surface area contributed by atoms with E-state index in [9.17, 15) is 0 Å². The number of benzene rings is 1. The van der Waals surface area contributed by atoms with Gasteiger partial charge in [0.25, 0.3) is 0 Å². The van der Waals surface area contributed by atoms with E-state index in [0.717, 1.165) is 47.5 Å². The van der Waals surface area contributed by atoms with Gasteiger partial charge in [-0.2, -0.15) is 5.10 Å². The monoisotopic (exact) mass is 506 g/mol. The molecule has 0 saturated carbocycles. The lowest BCUT2D eigenvalue weighted by Gasteiger charge is -2.27. The van der Waals surface area contributed by atoms with Crippen molar-refractivity contribution in [2.45, 2.75) is 12.5 Å². The summed E-state index contributed by atoms with van der Waals surface area (Å²) in [6, 6.07) is 18.1. The lowest BCUT2D eigenvalue weighted by Crippen LogP contribution is -2.40. The zero-order valence-corrected chi connectivity index (χ0v) is 20.1. The Balaban J connectivity index is 0.000000376. The Bertz CT molecular complexity index is 1110. The average molecular weight is 507 g/mol. The number of rotatable bonds is 6. The standard InChI is InChI=1S/C19H21BrN6O.C6H6/c1-26-12-15(9-25-26)14-6-17-19(24-8-14)27-16(11-22-17)10-21-5-4-13-2-3-18(20)23-7-13;1-2-4-6-5-3-1/h2-3,6-9,12,16,21-22H,4-5,10-11H2,1H3;1-6H. The average Bonchev–Trinajstić information content (AvgIpc) is 3.30. The van der Waals surface area contributed by atoms with Gasteiger partial charge in [0.05, 0.1) is 18.4 Å². The van der Waals surface area contributed by atoms with Crippen LogP contribution in [0.3, 0.4) is 0 Å². The van der Waals surface area contributed by atoms with E-state index in [1.54, 1.807) is 4.68 Å². The Morgan fingerprint density at radius 3 is 2.52 bits per heavy atom. The van der Waals surface area contributed by atoms with Gasteiger partial charge in [0.1, 0.15) is 10.7 Å². The van der Waals surface area contributed by atoms with Gasteiger partial charge in [-0.3, -0.25) is 4.68 Å². The number of hydrogen-bond donors (Lipinski definition) is 2. The van der Waals surface area contributed by atoms with Crippen LogP contribution in [-0.2, 0) is 13.5 Å². The molecule has 8 heteroatoms. The summed E-state index contributed by atoms with van der Waals surface area (Å²) in [5.41, 5.74) is 4.20. The summed E-state index contributed by atoms with van der Waals surface area (Å²) in [7, 11) is 1.90. The molecule has 3 aromatic heterocycles. The predicted octanol–water partition coefficient (Wildman–Crippen LogP) is 4.33. The molecule has 0 fully saturated rings. The van der Waals surface area contributed by atoms with Crippen molar-refractivity contribution in [2.75, 3.05) is 25.0 Å². The SMILES string of the molecule is Cn1cc(-c2cnc3c(c2)NCC(CNCCc2ccc(Br)nc2)O3)cn1.c1ccccc1. The highest BCUT2D eigenvalue weighted by Gasteiger charge is 2.20. The summed E-state index contributed by atoms with van der Waals surface area (Å²) in [5.74, 6) is 0.651. The number of nitrogens with zero attached hydrogens (tertiary/aromatic N) is 4. The van der Waals surface area contributed by atoms with E-state index in [0.29, 0.717) is 5.88 Å². The third kappa shape index (κ3) is 6.87. The van der Waals surface area contributed by atoms with Crippen LogP contribution in [0.4, 0.5) is 5.69 Å². The van der Waals surface area contributed by atoms with Crippen LogP contribution < -0.4 is 15.4 Å². The molecule has 1 atom stereocenters. The van der Waals surface area contributed by atoms with Gasteiger partial charge in [-0.1, -0.05) is 42.5 Å². The van der Waals surface area contributed by atoms with Gasteiger partial charge in [0, 0.05) is 43.3 Å². The molecular formula is C25H27BrN6O. The van der Waals surface area contributed by atoms with Crippen molar-refractivity contribution in [1.82, 2.24) is 25.1 Å². The number of anilines is 1. The van der Waals surface area contributed by atoms with Crippen molar-refractivity contribution in [2.24, 2.45) is 7.05 Å². The van der Waals surface area contributed by atoms with Crippen LogP contribution in [0.1, 0.15) is 5.56 Å². The quantitative estimate of drug-likeness (QED) is 0.299. The largest absolute Gasteiger partial charge is 0.470 e. The fraction of sp³-hybridized carbons (Fsp3) is 0.240. The highest BCUT2D eigenvalue weighted by atomic mass is 79.9. The van der Waals surface area contributed by atoms with E-state index >= 15 is 0 Å². The Morgan fingerprint density at radius 1 is 1.06 bits per heavy atom. The normalized spacial score (nSPS) is 14.3. The molecule has 0 radical (unpaired) electrons. The Labute approximate surface area is 202 Å². The molecule has 170 valence electrons. The van der Waals surface area contributed by atoms with Crippen LogP contribution in [0.15, 0.2) is 84.0 Å². The summed E-state index contributed by atoms with van der Waals surface area (Å²) in [4.78, 5) is 8.72. The summed E-state index contributed by atoms with van der Waals surface area (Å²) in [6.07, 6.45) is 8.51. The van der Waals surface area contributed by atoms with Crippen molar-refractivity contribution < 1.29 is 4.74 Å². The molecular weight excluding hydrogens is 480 g/mol. The first kappa shape index (κ1) is 22.9. The summed E-state index contributed by atoms with van der Waals surface area (Å²) >= 11 is 3.35. The maximum atomic E-state index is 6.02. The van der Waals surface area contributed by atoms with Gasteiger partial charge in [0.2, 0.25) is 5.88 Å². The van der Waals surface area contributed by atoms with Crippen LogP contribution in [0, 0.1) is 0 Å². The highest BCUT2D eigenvalue weighted by Crippen LogP contribution is 2.30. The molecule has 1 unspecified atom stereocenters. The van der Waals surface area contributed by atoms with E-state index in [2.05, 4.69) is 53.8 Å². The van der Waals surface area contributed by atoms with E-state index in [-0.39, 0.29) is 6.10 Å². The molecule has 0 saturated heterocycles. The Hall–Kier alpha value is -3.23. The minimum absolute atomic E-state index is 0.0530. The van der Waals surface area contributed by atoms with E-state index in [1.165, 1.54) is 5.56 Å².